The van der Waals surface area contributed by atoms with Crippen molar-refractivity contribution in [2.24, 2.45) is 17.8 Å². The fourth-order valence-corrected chi connectivity index (χ4v) is 5.59. The summed E-state index contributed by atoms with van der Waals surface area (Å²) in [6, 6.07) is 7.76. The van der Waals surface area contributed by atoms with Crippen LogP contribution in [-0.4, -0.2) is 77.7 Å². The zero-order valence-electron chi connectivity index (χ0n) is 20.7. The van der Waals surface area contributed by atoms with Gasteiger partial charge in [-0.15, -0.1) is 10.2 Å². The number of aromatic nitrogens is 2. The van der Waals surface area contributed by atoms with Crippen molar-refractivity contribution in [3.8, 4) is 0 Å². The van der Waals surface area contributed by atoms with E-state index in [1.165, 1.54) is 12.1 Å². The highest BCUT2D eigenvalue weighted by Crippen LogP contribution is 2.33. The van der Waals surface area contributed by atoms with Gasteiger partial charge in [-0.05, 0) is 54.5 Å². The smallest absolute Gasteiger partial charge is 0.381 e. The van der Waals surface area contributed by atoms with Gasteiger partial charge in [0.05, 0.1) is 18.6 Å². The molecule has 0 radical (unpaired) electrons. The number of nitrogens with one attached hydrogen (secondary N) is 1. The molecule has 0 bridgehead atoms. The molecule has 8 nitrogen and oxygen atoms in total. The van der Waals surface area contributed by atoms with Crippen molar-refractivity contribution < 1.29 is 31.9 Å². The first kappa shape index (κ1) is 26.5. The van der Waals surface area contributed by atoms with Gasteiger partial charge < -0.3 is 19.9 Å². The Kier molecular flexibility index (Phi) is 7.62. The average Bonchev–Trinajstić information content (AvgIpc) is 3.63. The van der Waals surface area contributed by atoms with Crippen LogP contribution in [-0.2, 0) is 15.7 Å². The summed E-state index contributed by atoms with van der Waals surface area (Å²) in [5.74, 6) is -0.592. The van der Waals surface area contributed by atoms with Gasteiger partial charge in [0.2, 0.25) is 5.91 Å². The Morgan fingerprint density at radius 3 is 2.45 bits per heavy atom. The van der Waals surface area contributed by atoms with Gasteiger partial charge in [-0.2, -0.15) is 13.2 Å². The lowest BCUT2D eigenvalue weighted by molar-refractivity contribution is -0.141. The minimum Gasteiger partial charge on any atom is -0.381 e. The van der Waals surface area contributed by atoms with Crippen LogP contribution in [0, 0.1) is 23.6 Å². The van der Waals surface area contributed by atoms with Crippen LogP contribution in [0.3, 0.4) is 0 Å². The minimum absolute atomic E-state index is 0.0874. The van der Waals surface area contributed by atoms with Crippen molar-refractivity contribution in [2.45, 2.75) is 25.1 Å². The van der Waals surface area contributed by atoms with Crippen molar-refractivity contribution in [1.29, 1.82) is 0 Å². The number of benzene rings is 1. The number of ether oxygens (including phenoxy) is 1. The number of hydrogen-bond acceptors (Lipinski definition) is 6. The van der Waals surface area contributed by atoms with Crippen LogP contribution in [0.5, 0.6) is 0 Å². The summed E-state index contributed by atoms with van der Waals surface area (Å²) >= 11 is 0. The maximum absolute atomic E-state index is 13.9. The molecular formula is C26H29F4N5O3. The molecule has 4 atom stereocenters. The van der Waals surface area contributed by atoms with Crippen molar-refractivity contribution in [3.05, 3.63) is 59.2 Å². The summed E-state index contributed by atoms with van der Waals surface area (Å²) in [5, 5.41) is 9.73. The minimum atomic E-state index is -4.61. The molecule has 3 aliphatic rings. The van der Waals surface area contributed by atoms with Crippen LogP contribution in [0.4, 0.5) is 17.6 Å². The predicted octanol–water partition coefficient (Wildman–Crippen LogP) is 2.92. The molecule has 0 saturated carbocycles. The first-order valence-electron chi connectivity index (χ1n) is 12.7. The van der Waals surface area contributed by atoms with Crippen LogP contribution < -0.4 is 5.32 Å². The molecule has 5 rings (SSSR count). The zero-order chi connectivity index (χ0) is 26.9. The van der Waals surface area contributed by atoms with Gasteiger partial charge >= 0.3 is 6.18 Å². The molecule has 3 fully saturated rings. The molecule has 0 spiro atoms. The van der Waals surface area contributed by atoms with E-state index in [0.717, 1.165) is 25.2 Å². The second kappa shape index (κ2) is 10.9. The van der Waals surface area contributed by atoms with E-state index in [1.54, 1.807) is 11.0 Å². The van der Waals surface area contributed by atoms with Crippen molar-refractivity contribution >= 4 is 11.8 Å². The largest absolute Gasteiger partial charge is 0.435 e. The Hall–Kier alpha value is -3.12. The number of amides is 2. The summed E-state index contributed by atoms with van der Waals surface area (Å²) in [6.07, 6.45) is -3.33. The molecule has 204 valence electrons. The van der Waals surface area contributed by atoms with E-state index in [0.29, 0.717) is 51.3 Å². The summed E-state index contributed by atoms with van der Waals surface area (Å²) in [4.78, 5) is 29.4. The quantitative estimate of drug-likeness (QED) is 0.549. The molecule has 0 aliphatic carbocycles. The molecule has 2 amide bonds. The van der Waals surface area contributed by atoms with Gasteiger partial charge in [0.1, 0.15) is 5.82 Å². The summed E-state index contributed by atoms with van der Waals surface area (Å²) < 4.78 is 57.4. The number of likely N-dealkylation sites (tertiary alicyclic amines) is 2. The molecule has 1 unspecified atom stereocenters. The Morgan fingerprint density at radius 2 is 1.84 bits per heavy atom. The van der Waals surface area contributed by atoms with E-state index in [-0.39, 0.29) is 41.2 Å². The molecule has 1 N–H and O–H groups in total. The van der Waals surface area contributed by atoms with E-state index in [4.69, 9.17) is 4.74 Å². The van der Waals surface area contributed by atoms with E-state index in [1.807, 2.05) is 6.07 Å². The van der Waals surface area contributed by atoms with Crippen LogP contribution in [0.2, 0.25) is 0 Å². The van der Waals surface area contributed by atoms with E-state index in [9.17, 15) is 27.2 Å². The number of carbonyl (C=O) groups excluding carboxylic acids is 2. The van der Waals surface area contributed by atoms with Crippen molar-refractivity contribution in [1.82, 2.24) is 25.3 Å². The third kappa shape index (κ3) is 5.96. The summed E-state index contributed by atoms with van der Waals surface area (Å²) in [5.41, 5.74) is -0.519. The number of rotatable bonds is 7. The molecule has 2 aromatic rings. The molecule has 38 heavy (non-hydrogen) atoms. The molecule has 1 aromatic carbocycles. The third-order valence-corrected chi connectivity index (χ3v) is 7.63. The molecule has 3 aliphatic heterocycles. The first-order valence-corrected chi connectivity index (χ1v) is 12.7. The fraction of sp³-hybridized carbons (Fsp3) is 0.538. The van der Waals surface area contributed by atoms with Crippen molar-refractivity contribution in [2.75, 3.05) is 45.9 Å². The number of carbonyl (C=O) groups is 2. The van der Waals surface area contributed by atoms with Crippen LogP contribution in [0.25, 0.3) is 0 Å². The monoisotopic (exact) mass is 535 g/mol. The second-order valence-corrected chi connectivity index (χ2v) is 10.3. The number of hydrogen-bond donors (Lipinski definition) is 1. The van der Waals surface area contributed by atoms with Gasteiger partial charge in [-0.1, -0.05) is 12.1 Å². The van der Waals surface area contributed by atoms with Gasteiger partial charge in [0.15, 0.2) is 11.4 Å². The normalized spacial score (nSPS) is 24.4. The molecular weight excluding hydrogens is 506 g/mol. The predicted molar refractivity (Wildman–Crippen MR) is 127 cm³/mol. The Balaban J connectivity index is 1.15. The highest BCUT2D eigenvalue weighted by atomic mass is 19.4. The second-order valence-electron chi connectivity index (χ2n) is 10.3. The highest BCUT2D eigenvalue weighted by Gasteiger charge is 2.42. The number of alkyl halides is 3. The molecule has 1 aromatic heterocycles. The number of halogens is 4. The summed E-state index contributed by atoms with van der Waals surface area (Å²) in [6.45, 7) is 4.15. The number of fused-ring (bicyclic) bond motifs is 1. The number of nitrogens with zero attached hydrogens (tertiary/aromatic N) is 4. The zero-order valence-corrected chi connectivity index (χ0v) is 20.7. The maximum atomic E-state index is 13.9. The van der Waals surface area contributed by atoms with E-state index >= 15 is 0 Å². The van der Waals surface area contributed by atoms with Gasteiger partial charge in [-0.25, -0.2) is 4.39 Å². The van der Waals surface area contributed by atoms with Crippen LogP contribution >= 0.6 is 0 Å². The standard InChI is InChI=1S/C26H29F4N5O3/c27-20-3-1-2-16(10-20)21(31-24(36)17-7-9-38-15-17)6-8-34-11-18-13-35(14-19(18)12-34)25(37)22-4-5-23(33-32-22)26(28,29)30/h1-5,10,17-19,21H,6-9,11-15H2,(H,31,36)/t17?,18-,19+,21-/m0/s1. The molecule has 4 heterocycles. The lowest BCUT2D eigenvalue weighted by Crippen LogP contribution is -2.37. The van der Waals surface area contributed by atoms with Crippen LogP contribution in [0.1, 0.15) is 40.6 Å². The summed E-state index contributed by atoms with van der Waals surface area (Å²) in [7, 11) is 0. The Bertz CT molecular complexity index is 1140. The Labute approximate surface area is 217 Å². The Morgan fingerprint density at radius 1 is 1.08 bits per heavy atom. The maximum Gasteiger partial charge on any atom is 0.435 e. The molecule has 12 heteroatoms. The van der Waals surface area contributed by atoms with Crippen molar-refractivity contribution in [3.63, 3.8) is 0 Å². The first-order chi connectivity index (χ1) is 18.2. The molecule has 3 saturated heterocycles. The lowest BCUT2D eigenvalue weighted by atomic mass is 10.0. The van der Waals surface area contributed by atoms with Gasteiger partial charge in [0, 0.05) is 39.3 Å². The van der Waals surface area contributed by atoms with Gasteiger partial charge in [0.25, 0.3) is 5.91 Å². The highest BCUT2D eigenvalue weighted by molar-refractivity contribution is 5.92. The van der Waals surface area contributed by atoms with E-state index < -0.39 is 17.8 Å². The third-order valence-electron chi connectivity index (χ3n) is 7.63. The van der Waals surface area contributed by atoms with E-state index in [2.05, 4.69) is 20.4 Å². The fourth-order valence-electron chi connectivity index (χ4n) is 5.59. The van der Waals surface area contributed by atoms with Gasteiger partial charge in [-0.3, -0.25) is 9.59 Å². The van der Waals surface area contributed by atoms with Crippen LogP contribution in [0.15, 0.2) is 36.4 Å². The lowest BCUT2D eigenvalue weighted by Gasteiger charge is -2.25. The SMILES string of the molecule is O=C(N[C@@H](CCN1C[C@@H]2CN(C(=O)c3ccc(C(F)(F)F)nn3)C[C@@H]2C1)c1cccc(F)c1)C1CCOC1. The topological polar surface area (TPSA) is 87.7 Å². The average molecular weight is 536 g/mol.